The lowest BCUT2D eigenvalue weighted by Crippen LogP contribution is -2.41. The summed E-state index contributed by atoms with van der Waals surface area (Å²) in [5.74, 6) is 1.00. The van der Waals surface area contributed by atoms with Gasteiger partial charge in [0.25, 0.3) is 5.56 Å². The van der Waals surface area contributed by atoms with Gasteiger partial charge in [-0.3, -0.25) is 13.9 Å². The van der Waals surface area contributed by atoms with Crippen molar-refractivity contribution in [2.24, 2.45) is 4.99 Å². The van der Waals surface area contributed by atoms with Crippen LogP contribution in [0.2, 0.25) is 0 Å². The molecule has 0 N–H and O–H groups in total. The minimum Gasteiger partial charge on any atom is -0.278 e. The maximum Gasteiger partial charge on any atom is 0.332 e. The van der Waals surface area contributed by atoms with Gasteiger partial charge in [-0.15, -0.1) is 10.2 Å². The standard InChI is InChI=1S/C22H26ClN7O2/c1-3-4-10-28-20-17(14-18(23)24-20)21(31)29(22(28)32)11-5-6-12-30-26-19(25-27-30)16-9-7-8-15(2)13-16/h7-9,13H,3-6,10-12,14H2,1-2H3. The van der Waals surface area contributed by atoms with Crippen LogP contribution in [0.25, 0.3) is 11.4 Å². The Bertz CT molecular complexity index is 1270. The van der Waals surface area contributed by atoms with Crippen LogP contribution in [-0.2, 0) is 26.1 Å². The molecule has 0 saturated carbocycles. The Labute approximate surface area is 190 Å². The largest absolute Gasteiger partial charge is 0.332 e. The monoisotopic (exact) mass is 455 g/mol. The molecular weight excluding hydrogens is 430 g/mol. The molecule has 32 heavy (non-hydrogen) atoms. The molecule has 3 heterocycles. The summed E-state index contributed by atoms with van der Waals surface area (Å²) in [6.07, 6.45) is 3.40. The van der Waals surface area contributed by atoms with E-state index in [0.29, 0.717) is 54.9 Å². The Morgan fingerprint density at radius 2 is 1.84 bits per heavy atom. The molecule has 4 rings (SSSR count). The maximum absolute atomic E-state index is 13.0. The zero-order valence-corrected chi connectivity index (χ0v) is 19.0. The van der Waals surface area contributed by atoms with Crippen molar-refractivity contribution >= 4 is 22.6 Å². The lowest BCUT2D eigenvalue weighted by Gasteiger charge is -2.13. The molecule has 9 nitrogen and oxygen atoms in total. The highest BCUT2D eigenvalue weighted by atomic mass is 35.5. The van der Waals surface area contributed by atoms with Gasteiger partial charge < -0.3 is 0 Å². The van der Waals surface area contributed by atoms with E-state index in [2.05, 4.69) is 27.3 Å². The van der Waals surface area contributed by atoms with E-state index < -0.39 is 0 Å². The fourth-order valence-corrected chi connectivity index (χ4v) is 4.02. The highest BCUT2D eigenvalue weighted by Gasteiger charge is 2.24. The number of hydrogen-bond donors (Lipinski definition) is 0. The summed E-state index contributed by atoms with van der Waals surface area (Å²) in [5, 5.41) is 13.0. The van der Waals surface area contributed by atoms with Crippen molar-refractivity contribution in [3.8, 4) is 11.4 Å². The average molecular weight is 456 g/mol. The number of hydrogen-bond acceptors (Lipinski definition) is 6. The fraction of sp³-hybridized carbons (Fsp3) is 0.455. The summed E-state index contributed by atoms with van der Waals surface area (Å²) in [5.41, 5.74) is 1.95. The molecule has 0 bridgehead atoms. The molecule has 0 spiro atoms. The van der Waals surface area contributed by atoms with Crippen LogP contribution >= 0.6 is 11.6 Å². The SMILES string of the molecule is CCCCn1c2c(c(=O)n(CCCCn3nnc(-c4cccc(C)c4)n3)c1=O)CC(Cl)=N2. The lowest BCUT2D eigenvalue weighted by atomic mass is 10.1. The van der Waals surface area contributed by atoms with E-state index in [1.165, 1.54) is 4.57 Å². The summed E-state index contributed by atoms with van der Waals surface area (Å²) < 4.78 is 2.90. The number of halogens is 1. The van der Waals surface area contributed by atoms with Gasteiger partial charge in [-0.2, -0.15) is 4.80 Å². The molecule has 0 atom stereocenters. The number of tetrazole rings is 1. The zero-order valence-electron chi connectivity index (χ0n) is 18.3. The summed E-state index contributed by atoms with van der Waals surface area (Å²) in [4.78, 5) is 31.7. The Hall–Kier alpha value is -3.07. The first-order valence-electron chi connectivity index (χ1n) is 10.9. The third-order valence-corrected chi connectivity index (χ3v) is 5.71. The molecule has 168 valence electrons. The smallest absolute Gasteiger partial charge is 0.278 e. The second-order valence-electron chi connectivity index (χ2n) is 8.00. The Morgan fingerprint density at radius 3 is 2.62 bits per heavy atom. The molecule has 0 amide bonds. The predicted octanol–water partition coefficient (Wildman–Crippen LogP) is 3.08. The van der Waals surface area contributed by atoms with Crippen LogP contribution in [0.1, 0.15) is 43.7 Å². The molecule has 0 aliphatic carbocycles. The second kappa shape index (κ2) is 9.60. The normalized spacial score (nSPS) is 12.8. The van der Waals surface area contributed by atoms with Crippen LogP contribution in [-0.4, -0.2) is 34.5 Å². The van der Waals surface area contributed by atoms with E-state index in [-0.39, 0.29) is 17.7 Å². The van der Waals surface area contributed by atoms with Gasteiger partial charge in [0.05, 0.1) is 12.1 Å². The van der Waals surface area contributed by atoms with E-state index in [0.717, 1.165) is 24.0 Å². The molecule has 10 heteroatoms. The molecule has 2 aromatic heterocycles. The first-order chi connectivity index (χ1) is 15.5. The van der Waals surface area contributed by atoms with Crippen LogP contribution in [0.4, 0.5) is 5.82 Å². The number of nitrogens with zero attached hydrogens (tertiary/aromatic N) is 7. The van der Waals surface area contributed by atoms with Crippen LogP contribution in [0, 0.1) is 6.92 Å². The first-order valence-corrected chi connectivity index (χ1v) is 11.3. The van der Waals surface area contributed by atoms with Crippen molar-refractivity contribution in [2.75, 3.05) is 0 Å². The minimum atomic E-state index is -0.321. The van der Waals surface area contributed by atoms with Gasteiger partial charge in [-0.1, -0.05) is 48.7 Å². The molecule has 0 radical (unpaired) electrons. The highest BCUT2D eigenvalue weighted by molar-refractivity contribution is 6.66. The molecule has 0 fully saturated rings. The van der Waals surface area contributed by atoms with Crippen LogP contribution < -0.4 is 11.2 Å². The minimum absolute atomic E-state index is 0.284. The van der Waals surface area contributed by atoms with Crippen LogP contribution in [0.15, 0.2) is 38.8 Å². The average Bonchev–Trinajstić information content (AvgIpc) is 3.40. The molecule has 1 aromatic carbocycles. The van der Waals surface area contributed by atoms with Gasteiger partial charge in [-0.05, 0) is 37.5 Å². The van der Waals surface area contributed by atoms with E-state index >= 15 is 0 Å². The number of aromatic nitrogens is 6. The Balaban J connectivity index is 1.43. The summed E-state index contributed by atoms with van der Waals surface area (Å²) in [6, 6.07) is 7.95. The van der Waals surface area contributed by atoms with Crippen molar-refractivity contribution in [3.63, 3.8) is 0 Å². The van der Waals surface area contributed by atoms with Gasteiger partial charge in [0.1, 0.15) is 11.0 Å². The second-order valence-corrected chi connectivity index (χ2v) is 8.43. The molecule has 1 aliphatic heterocycles. The number of aliphatic imine (C=N–C) groups is 1. The third kappa shape index (κ3) is 4.57. The Kier molecular flexibility index (Phi) is 6.64. The van der Waals surface area contributed by atoms with Crippen LogP contribution in [0.5, 0.6) is 0 Å². The number of rotatable bonds is 9. The van der Waals surface area contributed by atoms with Gasteiger partial charge in [0.2, 0.25) is 5.82 Å². The van der Waals surface area contributed by atoms with Crippen molar-refractivity contribution in [3.05, 3.63) is 56.2 Å². The maximum atomic E-state index is 13.0. The van der Waals surface area contributed by atoms with E-state index in [1.54, 1.807) is 9.36 Å². The lowest BCUT2D eigenvalue weighted by molar-refractivity contribution is 0.454. The topological polar surface area (TPSA) is 100.0 Å². The molecule has 3 aromatic rings. The quantitative estimate of drug-likeness (QED) is 0.461. The summed E-state index contributed by atoms with van der Waals surface area (Å²) in [6.45, 7) is 5.48. The van der Waals surface area contributed by atoms with Crippen molar-refractivity contribution in [1.29, 1.82) is 0 Å². The van der Waals surface area contributed by atoms with Crippen molar-refractivity contribution in [2.45, 2.75) is 65.6 Å². The van der Waals surface area contributed by atoms with E-state index in [9.17, 15) is 9.59 Å². The number of unbranched alkanes of at least 4 members (excludes halogenated alkanes) is 2. The van der Waals surface area contributed by atoms with Gasteiger partial charge in [0, 0.05) is 25.1 Å². The number of benzene rings is 1. The fourth-order valence-electron chi connectivity index (χ4n) is 3.80. The summed E-state index contributed by atoms with van der Waals surface area (Å²) in [7, 11) is 0. The molecule has 1 aliphatic rings. The van der Waals surface area contributed by atoms with Gasteiger partial charge in [-0.25, -0.2) is 9.79 Å². The first kappa shape index (κ1) is 22.1. The van der Waals surface area contributed by atoms with Crippen LogP contribution in [0.3, 0.4) is 0 Å². The van der Waals surface area contributed by atoms with E-state index in [1.807, 2.05) is 31.2 Å². The zero-order chi connectivity index (χ0) is 22.7. The molecule has 0 unspecified atom stereocenters. The van der Waals surface area contributed by atoms with Gasteiger partial charge >= 0.3 is 5.69 Å². The highest BCUT2D eigenvalue weighted by Crippen LogP contribution is 2.24. The Morgan fingerprint density at radius 1 is 1.06 bits per heavy atom. The van der Waals surface area contributed by atoms with Crippen molar-refractivity contribution < 1.29 is 0 Å². The van der Waals surface area contributed by atoms with Crippen molar-refractivity contribution in [1.82, 2.24) is 29.3 Å². The van der Waals surface area contributed by atoms with Gasteiger partial charge in [0.15, 0.2) is 0 Å². The third-order valence-electron chi connectivity index (χ3n) is 5.49. The van der Waals surface area contributed by atoms with E-state index in [4.69, 9.17) is 11.6 Å². The number of fused-ring (bicyclic) bond motifs is 1. The summed E-state index contributed by atoms with van der Waals surface area (Å²) >= 11 is 6.07. The predicted molar refractivity (Wildman–Crippen MR) is 124 cm³/mol. The number of aryl methyl sites for hydroxylation is 2. The molecular formula is C22H26ClN7O2. The molecule has 0 saturated heterocycles.